The summed E-state index contributed by atoms with van der Waals surface area (Å²) >= 11 is 0. The summed E-state index contributed by atoms with van der Waals surface area (Å²) < 4.78 is 26.0. The molecule has 8 nitrogen and oxygen atoms in total. The molecule has 0 saturated carbocycles. The van der Waals surface area contributed by atoms with Crippen molar-refractivity contribution in [3.63, 3.8) is 0 Å². The van der Waals surface area contributed by atoms with Gasteiger partial charge in [-0.3, -0.25) is 9.59 Å². The molecule has 2 aromatic carbocycles. The molecule has 0 aliphatic carbocycles. The van der Waals surface area contributed by atoms with Crippen molar-refractivity contribution in [1.29, 1.82) is 0 Å². The average Bonchev–Trinajstić information content (AvgIpc) is 2.95. The van der Waals surface area contributed by atoms with Crippen molar-refractivity contribution in [2.75, 3.05) is 40.0 Å². The summed E-state index contributed by atoms with van der Waals surface area (Å²) in [5, 5.41) is 17.3. The number of benzene rings is 2. The van der Waals surface area contributed by atoms with Crippen molar-refractivity contribution in [3.8, 4) is 5.75 Å². The molecule has 0 saturated heterocycles. The van der Waals surface area contributed by atoms with E-state index in [1.165, 1.54) is 17.7 Å². The maximum absolute atomic E-state index is 14.6. The molecule has 3 atom stereocenters. The highest BCUT2D eigenvalue weighted by Crippen LogP contribution is 2.21. The fraction of sp³-hybridized carbons (Fsp3) is 0.562. The second-order valence-corrected chi connectivity index (χ2v) is 10.8. The quantitative estimate of drug-likeness (QED) is 0.403. The molecule has 0 radical (unpaired) electrons. The number of aliphatic hydroxyl groups excluding tert-OH is 1. The lowest BCUT2D eigenvalue weighted by molar-refractivity contribution is -0.134. The largest absolute Gasteiger partial charge is 0.493 e. The van der Waals surface area contributed by atoms with Gasteiger partial charge in [0.15, 0.2) is 0 Å². The lowest BCUT2D eigenvalue weighted by Gasteiger charge is -2.27. The molecule has 0 spiro atoms. The fourth-order valence-corrected chi connectivity index (χ4v) is 5.12. The molecule has 2 amide bonds. The molecule has 3 rings (SSSR count). The highest BCUT2D eigenvalue weighted by Gasteiger charge is 2.24. The summed E-state index contributed by atoms with van der Waals surface area (Å²) in [6.07, 6.45) is 1.76. The Bertz CT molecular complexity index is 1110. The number of aryl methyl sites for hydroxylation is 1. The van der Waals surface area contributed by atoms with Crippen LogP contribution in [0.2, 0.25) is 0 Å². The predicted octanol–water partition coefficient (Wildman–Crippen LogP) is 3.63. The second-order valence-electron chi connectivity index (χ2n) is 10.8. The van der Waals surface area contributed by atoms with Gasteiger partial charge in [0.05, 0.1) is 25.4 Å². The van der Waals surface area contributed by atoms with Gasteiger partial charge in [-0.05, 0) is 54.5 Å². The third kappa shape index (κ3) is 11.1. The Kier molecular flexibility index (Phi) is 13.5. The molecule has 0 aromatic heterocycles. The molecule has 2 aromatic rings. The van der Waals surface area contributed by atoms with E-state index >= 15 is 0 Å². The molecule has 3 unspecified atom stereocenters. The SMILES string of the molecule is CCCN1CCC(COC)COc2cc(F)cc(c2)CC(C(O)CNCc2cccc(CC)c2)NC(=O)CCC1=O. The summed E-state index contributed by atoms with van der Waals surface area (Å²) in [4.78, 5) is 27.7. The number of halogens is 1. The zero-order valence-electron chi connectivity index (χ0n) is 24.7. The van der Waals surface area contributed by atoms with Crippen LogP contribution in [0, 0.1) is 11.7 Å². The lowest BCUT2D eigenvalue weighted by Crippen LogP contribution is -2.49. The Morgan fingerprint density at radius 3 is 2.73 bits per heavy atom. The van der Waals surface area contributed by atoms with Crippen molar-refractivity contribution in [2.24, 2.45) is 5.92 Å². The maximum Gasteiger partial charge on any atom is 0.223 e. The van der Waals surface area contributed by atoms with Crippen LogP contribution in [0.15, 0.2) is 42.5 Å². The van der Waals surface area contributed by atoms with Crippen LogP contribution in [0.1, 0.15) is 56.2 Å². The van der Waals surface area contributed by atoms with E-state index in [0.717, 1.165) is 18.4 Å². The Labute approximate surface area is 243 Å². The van der Waals surface area contributed by atoms with Gasteiger partial charge in [0.2, 0.25) is 11.8 Å². The molecule has 1 aliphatic rings. The first-order valence-corrected chi connectivity index (χ1v) is 14.8. The van der Waals surface area contributed by atoms with Crippen molar-refractivity contribution in [3.05, 3.63) is 65.0 Å². The lowest BCUT2D eigenvalue weighted by atomic mass is 9.99. The van der Waals surface area contributed by atoms with Crippen LogP contribution in [-0.2, 0) is 33.7 Å². The molecule has 2 bridgehead atoms. The van der Waals surface area contributed by atoms with Crippen LogP contribution >= 0.6 is 0 Å². The van der Waals surface area contributed by atoms with E-state index in [0.29, 0.717) is 50.6 Å². The van der Waals surface area contributed by atoms with E-state index in [-0.39, 0.29) is 43.5 Å². The molecule has 1 aliphatic heterocycles. The average molecular weight is 572 g/mol. The van der Waals surface area contributed by atoms with Gasteiger partial charge in [0.25, 0.3) is 0 Å². The van der Waals surface area contributed by atoms with Crippen LogP contribution in [0.25, 0.3) is 0 Å². The Balaban J connectivity index is 1.78. The summed E-state index contributed by atoms with van der Waals surface area (Å²) in [5.41, 5.74) is 2.94. The smallest absolute Gasteiger partial charge is 0.223 e. The van der Waals surface area contributed by atoms with E-state index in [1.807, 2.05) is 19.1 Å². The zero-order valence-corrected chi connectivity index (χ0v) is 24.7. The molecule has 1 heterocycles. The van der Waals surface area contributed by atoms with Crippen molar-refractivity contribution in [1.82, 2.24) is 15.5 Å². The normalized spacial score (nSPS) is 19.9. The molecule has 41 heavy (non-hydrogen) atoms. The van der Waals surface area contributed by atoms with E-state index in [1.54, 1.807) is 18.1 Å². The molecule has 0 fully saturated rings. The number of aliphatic hydroxyl groups is 1. The Hall–Kier alpha value is -3.01. The van der Waals surface area contributed by atoms with Crippen molar-refractivity contribution >= 4 is 11.8 Å². The first kappa shape index (κ1) is 32.5. The number of carbonyl (C=O) groups excluding carboxylic acids is 2. The molecule has 3 N–H and O–H groups in total. The number of nitrogens with one attached hydrogen (secondary N) is 2. The first-order valence-electron chi connectivity index (χ1n) is 14.8. The van der Waals surface area contributed by atoms with E-state index in [9.17, 15) is 19.1 Å². The molecular weight excluding hydrogens is 525 g/mol. The minimum Gasteiger partial charge on any atom is -0.493 e. The number of hydrogen-bond donors (Lipinski definition) is 3. The van der Waals surface area contributed by atoms with E-state index in [4.69, 9.17) is 9.47 Å². The van der Waals surface area contributed by atoms with Gasteiger partial charge in [-0.25, -0.2) is 4.39 Å². The number of methoxy groups -OCH3 is 1. The summed E-state index contributed by atoms with van der Waals surface area (Å²) in [6, 6.07) is 12.0. The number of rotatable bonds is 10. The summed E-state index contributed by atoms with van der Waals surface area (Å²) in [5.74, 6) is -0.467. The van der Waals surface area contributed by atoms with Crippen molar-refractivity contribution < 1.29 is 28.6 Å². The van der Waals surface area contributed by atoms with Gasteiger partial charge in [-0.1, -0.05) is 38.1 Å². The third-order valence-corrected chi connectivity index (χ3v) is 7.39. The maximum atomic E-state index is 14.6. The van der Waals surface area contributed by atoms with E-state index in [2.05, 4.69) is 29.7 Å². The van der Waals surface area contributed by atoms with Gasteiger partial charge in [0, 0.05) is 58.1 Å². The van der Waals surface area contributed by atoms with E-state index < -0.39 is 18.0 Å². The number of ether oxygens (including phenoxy) is 2. The van der Waals surface area contributed by atoms with Crippen LogP contribution in [-0.4, -0.2) is 73.9 Å². The molecule has 9 heteroatoms. The van der Waals surface area contributed by atoms with Crippen LogP contribution in [0.4, 0.5) is 4.39 Å². The van der Waals surface area contributed by atoms with Gasteiger partial charge in [0.1, 0.15) is 11.6 Å². The van der Waals surface area contributed by atoms with Gasteiger partial charge >= 0.3 is 0 Å². The van der Waals surface area contributed by atoms with Crippen molar-refractivity contribution in [2.45, 2.75) is 71.1 Å². The predicted molar refractivity (Wildman–Crippen MR) is 157 cm³/mol. The minimum absolute atomic E-state index is 0.00810. The van der Waals surface area contributed by atoms with Crippen LogP contribution in [0.3, 0.4) is 0 Å². The number of carbonyl (C=O) groups is 2. The van der Waals surface area contributed by atoms with Crippen LogP contribution < -0.4 is 15.4 Å². The number of fused-ring (bicyclic) bond motifs is 2. The van der Waals surface area contributed by atoms with Gasteiger partial charge < -0.3 is 30.1 Å². The topological polar surface area (TPSA) is 100 Å². The minimum atomic E-state index is -0.946. The zero-order chi connectivity index (χ0) is 29.6. The van der Waals surface area contributed by atoms with Crippen LogP contribution in [0.5, 0.6) is 5.75 Å². The third-order valence-electron chi connectivity index (χ3n) is 7.39. The van der Waals surface area contributed by atoms with Gasteiger partial charge in [-0.15, -0.1) is 0 Å². The summed E-state index contributed by atoms with van der Waals surface area (Å²) in [6.45, 7) is 6.79. The highest BCUT2D eigenvalue weighted by atomic mass is 19.1. The fourth-order valence-electron chi connectivity index (χ4n) is 5.12. The van der Waals surface area contributed by atoms with Gasteiger partial charge in [-0.2, -0.15) is 0 Å². The molecule has 226 valence electrons. The number of hydrogen-bond acceptors (Lipinski definition) is 6. The number of amides is 2. The number of nitrogens with zero attached hydrogens (tertiary/aromatic N) is 1. The molecular formula is C32H46FN3O5. The standard InChI is InChI=1S/C32H46FN3O5/c1-4-12-36-13-11-25(21-40-3)22-41-28-16-26(15-27(33)18-28)17-29(35-31(38)9-10-32(36)39)30(37)20-34-19-24-8-6-7-23(5-2)14-24/h6-8,14-16,18,25,29-30,34,37H,4-5,9-13,17,19-22H2,1-3H3,(H,35,38). The first-order chi connectivity index (χ1) is 19.8. The Morgan fingerprint density at radius 1 is 1.17 bits per heavy atom. The highest BCUT2D eigenvalue weighted by molar-refractivity contribution is 5.84. The monoisotopic (exact) mass is 571 g/mol. The second kappa shape index (κ2) is 17.1. The Morgan fingerprint density at radius 2 is 1.98 bits per heavy atom. The summed E-state index contributed by atoms with van der Waals surface area (Å²) in [7, 11) is 1.62.